The quantitative estimate of drug-likeness (QED) is 0.398. The van der Waals surface area contributed by atoms with Crippen molar-refractivity contribution in [3.63, 3.8) is 0 Å². The number of nitrogens with zero attached hydrogens (tertiary/aromatic N) is 1. The Morgan fingerprint density at radius 1 is 0.682 bits per heavy atom. The molecule has 0 fully saturated rings. The van der Waals surface area contributed by atoms with Crippen LogP contribution in [0.5, 0.6) is 0 Å². The lowest BCUT2D eigenvalue weighted by atomic mass is 10.3. The van der Waals surface area contributed by atoms with Gasteiger partial charge in [-0.15, -0.1) is 0 Å². The van der Waals surface area contributed by atoms with Gasteiger partial charge in [0.25, 0.3) is 5.69 Å². The van der Waals surface area contributed by atoms with E-state index < -0.39 is 0 Å². The lowest BCUT2D eigenvalue weighted by Crippen LogP contribution is -2.05. The van der Waals surface area contributed by atoms with Crippen molar-refractivity contribution >= 4 is 16.6 Å². The van der Waals surface area contributed by atoms with E-state index in [1.54, 1.807) is 12.1 Å². The van der Waals surface area contributed by atoms with Crippen LogP contribution in [0.1, 0.15) is 0 Å². The Morgan fingerprint density at radius 2 is 1.18 bits per heavy atom. The van der Waals surface area contributed by atoms with Crippen LogP contribution >= 0.6 is 0 Å². The van der Waals surface area contributed by atoms with Crippen LogP contribution in [0.2, 0.25) is 0 Å². The minimum absolute atomic E-state index is 0.127. The first-order valence-corrected chi connectivity index (χ1v) is 8.07. The largest absolute Gasteiger partial charge is 0.274 e. The number of hydrogen-bond donors (Lipinski definition) is 0. The summed E-state index contributed by atoms with van der Waals surface area (Å²) in [4.78, 5) is 14.0. The Labute approximate surface area is 131 Å². The highest BCUT2D eigenvalue weighted by Crippen LogP contribution is 2.32. The van der Waals surface area contributed by atoms with E-state index >= 15 is 0 Å². The van der Waals surface area contributed by atoms with Crippen LogP contribution < -0.4 is 0 Å². The van der Waals surface area contributed by atoms with Gasteiger partial charge in [-0.25, -0.2) is 0 Å². The zero-order chi connectivity index (χ0) is 15.4. The predicted molar refractivity (Wildman–Crippen MR) is 88.1 cm³/mol. The monoisotopic (exact) mass is 308 g/mol. The predicted octanol–water partition coefficient (Wildman–Crippen LogP) is 4.69. The van der Waals surface area contributed by atoms with E-state index in [2.05, 4.69) is 24.3 Å². The van der Waals surface area contributed by atoms with Crippen LogP contribution in [0.15, 0.2) is 99.6 Å². The molecule has 0 saturated heterocycles. The summed E-state index contributed by atoms with van der Waals surface area (Å²) in [6.45, 7) is 0. The van der Waals surface area contributed by atoms with E-state index in [0.29, 0.717) is 0 Å². The van der Waals surface area contributed by atoms with Crippen LogP contribution in [-0.4, -0.2) is 4.92 Å². The van der Waals surface area contributed by atoms with E-state index in [-0.39, 0.29) is 21.5 Å². The summed E-state index contributed by atoms with van der Waals surface area (Å²) < 4.78 is 0. The molecule has 3 aromatic rings. The molecule has 0 heterocycles. The van der Waals surface area contributed by atoms with E-state index in [0.717, 1.165) is 14.7 Å². The van der Waals surface area contributed by atoms with Gasteiger partial charge in [0.15, 0.2) is 14.7 Å². The molecule has 3 nitrogen and oxygen atoms in total. The van der Waals surface area contributed by atoms with Crippen LogP contribution in [0, 0.1) is 10.1 Å². The van der Waals surface area contributed by atoms with Gasteiger partial charge in [0.05, 0.1) is 21.9 Å². The fourth-order valence-electron chi connectivity index (χ4n) is 2.25. The summed E-state index contributed by atoms with van der Waals surface area (Å²) in [6.07, 6.45) is 0. The maximum Gasteiger partial charge on any atom is 0.274 e. The Morgan fingerprint density at radius 3 is 1.68 bits per heavy atom. The molecular formula is C18H14NO2S+. The van der Waals surface area contributed by atoms with Crippen molar-refractivity contribution in [1.82, 2.24) is 0 Å². The number of nitro benzene ring substituents is 1. The fraction of sp³-hybridized carbons (Fsp3) is 0. The highest BCUT2D eigenvalue weighted by atomic mass is 32.2. The number of benzene rings is 3. The average molecular weight is 308 g/mol. The standard InChI is InChI=1S/C18H14NO2S/c20-19(21)15-8-7-13-18(14-15)22(16-9-3-1-4-10-16)17-11-5-2-6-12-17/h1-14H/q+1. The minimum Gasteiger partial charge on any atom is -0.258 e. The zero-order valence-corrected chi connectivity index (χ0v) is 12.6. The lowest BCUT2D eigenvalue weighted by Gasteiger charge is -2.07. The number of hydrogen-bond acceptors (Lipinski definition) is 2. The molecule has 0 aliphatic carbocycles. The molecule has 22 heavy (non-hydrogen) atoms. The summed E-state index contributed by atoms with van der Waals surface area (Å²) in [5.74, 6) is 0. The van der Waals surface area contributed by atoms with Crippen LogP contribution in [0.3, 0.4) is 0 Å². The molecule has 0 aromatic heterocycles. The first-order valence-electron chi connectivity index (χ1n) is 6.84. The van der Waals surface area contributed by atoms with Crippen molar-refractivity contribution in [1.29, 1.82) is 0 Å². The highest BCUT2D eigenvalue weighted by Gasteiger charge is 2.29. The maximum absolute atomic E-state index is 11.1. The van der Waals surface area contributed by atoms with Gasteiger partial charge in [0.2, 0.25) is 0 Å². The maximum atomic E-state index is 11.1. The molecule has 0 saturated carbocycles. The van der Waals surface area contributed by atoms with Crippen molar-refractivity contribution in [3.8, 4) is 0 Å². The van der Waals surface area contributed by atoms with Gasteiger partial charge < -0.3 is 0 Å². The molecule has 0 atom stereocenters. The van der Waals surface area contributed by atoms with Crippen molar-refractivity contribution in [3.05, 3.63) is 95.0 Å². The van der Waals surface area contributed by atoms with Crippen molar-refractivity contribution < 1.29 is 4.92 Å². The Kier molecular flexibility index (Phi) is 4.21. The van der Waals surface area contributed by atoms with E-state index in [1.165, 1.54) is 6.07 Å². The second kappa shape index (κ2) is 6.45. The lowest BCUT2D eigenvalue weighted by molar-refractivity contribution is -0.385. The van der Waals surface area contributed by atoms with Crippen LogP contribution in [-0.2, 0) is 10.9 Å². The normalized spacial score (nSPS) is 10.6. The topological polar surface area (TPSA) is 43.1 Å². The van der Waals surface area contributed by atoms with Crippen molar-refractivity contribution in [2.75, 3.05) is 0 Å². The summed E-state index contributed by atoms with van der Waals surface area (Å²) in [7, 11) is -0.346. The number of rotatable bonds is 4. The third-order valence-corrected chi connectivity index (χ3v) is 5.43. The van der Waals surface area contributed by atoms with Gasteiger partial charge in [-0.3, -0.25) is 10.1 Å². The van der Waals surface area contributed by atoms with Crippen molar-refractivity contribution in [2.45, 2.75) is 14.7 Å². The Hall–Kier alpha value is -2.59. The molecule has 3 aromatic carbocycles. The first kappa shape index (κ1) is 14.4. The van der Waals surface area contributed by atoms with Gasteiger partial charge >= 0.3 is 0 Å². The number of nitro groups is 1. The molecule has 0 unspecified atom stereocenters. The first-order chi connectivity index (χ1) is 10.8. The van der Waals surface area contributed by atoms with Gasteiger partial charge in [-0.05, 0) is 30.3 Å². The summed E-state index contributed by atoms with van der Waals surface area (Å²) in [5, 5.41) is 11.1. The molecule has 0 radical (unpaired) electrons. The smallest absolute Gasteiger partial charge is 0.258 e. The van der Waals surface area contributed by atoms with E-state index in [9.17, 15) is 10.1 Å². The molecule has 4 heteroatoms. The molecule has 0 bridgehead atoms. The minimum atomic E-state index is -0.346. The summed E-state index contributed by atoms with van der Waals surface area (Å²) in [5.41, 5.74) is 0.127. The van der Waals surface area contributed by atoms with Gasteiger partial charge in [-0.1, -0.05) is 42.5 Å². The fourth-order valence-corrected chi connectivity index (χ4v) is 4.37. The summed E-state index contributed by atoms with van der Waals surface area (Å²) >= 11 is 0. The molecular weight excluding hydrogens is 294 g/mol. The second-order valence-corrected chi connectivity index (χ2v) is 6.71. The van der Waals surface area contributed by atoms with Gasteiger partial charge in [0.1, 0.15) is 0 Å². The van der Waals surface area contributed by atoms with Crippen LogP contribution in [0.25, 0.3) is 0 Å². The van der Waals surface area contributed by atoms with E-state index in [4.69, 9.17) is 0 Å². The van der Waals surface area contributed by atoms with Gasteiger partial charge in [0, 0.05) is 6.07 Å². The molecule has 0 N–H and O–H groups in total. The zero-order valence-electron chi connectivity index (χ0n) is 11.8. The molecule has 0 aliphatic heterocycles. The molecule has 0 aliphatic rings. The van der Waals surface area contributed by atoms with E-state index in [1.807, 2.05) is 42.5 Å². The summed E-state index contributed by atoms with van der Waals surface area (Å²) in [6, 6.07) is 27.1. The van der Waals surface area contributed by atoms with Crippen LogP contribution in [0.4, 0.5) is 5.69 Å². The number of non-ortho nitro benzene ring substituents is 1. The second-order valence-electron chi connectivity index (χ2n) is 4.69. The highest BCUT2D eigenvalue weighted by molar-refractivity contribution is 7.97. The average Bonchev–Trinajstić information content (AvgIpc) is 2.57. The third-order valence-electron chi connectivity index (χ3n) is 3.22. The SMILES string of the molecule is O=[N+]([O-])c1cccc([S+](c2ccccc2)c2ccccc2)c1. The van der Waals surface area contributed by atoms with Gasteiger partial charge in [-0.2, -0.15) is 0 Å². The van der Waals surface area contributed by atoms with Crippen molar-refractivity contribution in [2.24, 2.45) is 0 Å². The molecule has 108 valence electrons. The molecule has 3 rings (SSSR count). The Bertz CT molecular complexity index is 736. The third kappa shape index (κ3) is 3.02. The Balaban J connectivity index is 2.14. The molecule has 0 spiro atoms. The molecule has 0 amide bonds.